The number of benzene rings is 1. The van der Waals surface area contributed by atoms with E-state index in [1.54, 1.807) is 27.7 Å². The monoisotopic (exact) mass is 372 g/mol. The Kier molecular flexibility index (Phi) is 6.95. The van der Waals surface area contributed by atoms with Crippen molar-refractivity contribution >= 4 is 21.9 Å². The van der Waals surface area contributed by atoms with E-state index >= 15 is 0 Å². The first kappa shape index (κ1) is 20.9. The normalized spacial score (nSPS) is 12.9. The Morgan fingerprint density at radius 3 is 2.20 bits per heavy atom. The Labute approximate surface area is 147 Å². The van der Waals surface area contributed by atoms with E-state index in [-0.39, 0.29) is 28.2 Å². The average Bonchev–Trinajstić information content (AvgIpc) is 2.49. The smallest absolute Gasteiger partial charge is 0.326 e. The number of hydrogen-bond acceptors (Lipinski definition) is 5. The van der Waals surface area contributed by atoms with Gasteiger partial charge in [-0.15, -0.1) is 0 Å². The number of aliphatic carboxylic acids is 1. The maximum Gasteiger partial charge on any atom is 0.326 e. The van der Waals surface area contributed by atoms with Crippen molar-refractivity contribution in [3.05, 3.63) is 23.8 Å². The molecule has 0 saturated carbocycles. The van der Waals surface area contributed by atoms with Gasteiger partial charge >= 0.3 is 5.97 Å². The van der Waals surface area contributed by atoms with Gasteiger partial charge in [0.25, 0.3) is 5.91 Å². The largest absolute Gasteiger partial charge is 0.495 e. The Hall–Kier alpha value is -2.13. The van der Waals surface area contributed by atoms with Gasteiger partial charge in [-0.3, -0.25) is 4.79 Å². The zero-order valence-electron chi connectivity index (χ0n) is 14.9. The predicted octanol–water partition coefficient (Wildman–Crippen LogP) is 1.22. The Morgan fingerprint density at radius 1 is 1.16 bits per heavy atom. The molecule has 8 nitrogen and oxygen atoms in total. The molecule has 0 bridgehead atoms. The fourth-order valence-electron chi connectivity index (χ4n) is 2.14. The molecule has 0 spiro atoms. The van der Waals surface area contributed by atoms with Gasteiger partial charge in [0, 0.05) is 11.6 Å². The number of ether oxygens (including phenoxy) is 1. The second-order valence-electron chi connectivity index (χ2n) is 6.18. The lowest BCUT2D eigenvalue weighted by Crippen LogP contribution is -2.44. The van der Waals surface area contributed by atoms with Crippen LogP contribution in [0.2, 0.25) is 0 Å². The molecule has 0 saturated heterocycles. The number of carbonyl (C=O) groups is 2. The van der Waals surface area contributed by atoms with E-state index in [9.17, 15) is 18.0 Å². The molecule has 0 aliphatic rings. The Balaban J connectivity index is 3.25. The van der Waals surface area contributed by atoms with Crippen LogP contribution in [0, 0.1) is 5.92 Å². The van der Waals surface area contributed by atoms with Gasteiger partial charge in [-0.25, -0.2) is 17.9 Å². The first-order chi connectivity index (χ1) is 11.5. The first-order valence-electron chi connectivity index (χ1n) is 7.73. The highest BCUT2D eigenvalue weighted by atomic mass is 32.2. The maximum atomic E-state index is 12.4. The standard InChI is InChI=1S/C16H24N2O6S/c1-9(2)14(16(20)21)17-15(19)11-6-7-12(24-5)13(8-11)25(22,23)18-10(3)4/h6-10,14,18H,1-5H3,(H,17,19)(H,20,21)/t14-/m0/s1. The number of sulfonamides is 1. The fourth-order valence-corrected chi connectivity index (χ4v) is 3.59. The van der Waals surface area contributed by atoms with Gasteiger partial charge < -0.3 is 15.2 Å². The van der Waals surface area contributed by atoms with Gasteiger partial charge in [-0.2, -0.15) is 0 Å². The zero-order valence-corrected chi connectivity index (χ0v) is 15.7. The van der Waals surface area contributed by atoms with E-state index in [1.165, 1.54) is 19.2 Å². The van der Waals surface area contributed by atoms with Crippen molar-refractivity contribution in [1.29, 1.82) is 0 Å². The van der Waals surface area contributed by atoms with Crippen molar-refractivity contribution in [1.82, 2.24) is 10.0 Å². The highest BCUT2D eigenvalue weighted by Crippen LogP contribution is 2.25. The molecular formula is C16H24N2O6S. The summed E-state index contributed by atoms with van der Waals surface area (Å²) in [5.41, 5.74) is 0.0248. The van der Waals surface area contributed by atoms with Gasteiger partial charge in [0.1, 0.15) is 16.7 Å². The molecule has 0 aromatic heterocycles. The maximum absolute atomic E-state index is 12.4. The van der Waals surface area contributed by atoms with Crippen LogP contribution in [-0.4, -0.2) is 44.6 Å². The van der Waals surface area contributed by atoms with Gasteiger partial charge in [-0.1, -0.05) is 13.8 Å². The van der Waals surface area contributed by atoms with Crippen LogP contribution in [0.1, 0.15) is 38.1 Å². The topological polar surface area (TPSA) is 122 Å². The highest BCUT2D eigenvalue weighted by Gasteiger charge is 2.26. The quantitative estimate of drug-likeness (QED) is 0.631. The Morgan fingerprint density at radius 2 is 1.76 bits per heavy atom. The molecule has 1 rings (SSSR count). The average molecular weight is 372 g/mol. The van der Waals surface area contributed by atoms with Crippen LogP contribution in [0.5, 0.6) is 5.75 Å². The van der Waals surface area contributed by atoms with E-state index in [0.717, 1.165) is 6.07 Å². The van der Waals surface area contributed by atoms with E-state index in [4.69, 9.17) is 9.84 Å². The number of nitrogens with one attached hydrogen (secondary N) is 2. The molecule has 1 atom stereocenters. The van der Waals surface area contributed by atoms with Crippen LogP contribution in [0.3, 0.4) is 0 Å². The lowest BCUT2D eigenvalue weighted by molar-refractivity contribution is -0.140. The van der Waals surface area contributed by atoms with Crippen LogP contribution in [-0.2, 0) is 14.8 Å². The van der Waals surface area contributed by atoms with Crippen LogP contribution < -0.4 is 14.8 Å². The van der Waals surface area contributed by atoms with Crippen molar-refractivity contribution in [3.63, 3.8) is 0 Å². The van der Waals surface area contributed by atoms with Crippen LogP contribution in [0.15, 0.2) is 23.1 Å². The number of amides is 1. The third-order valence-corrected chi connectivity index (χ3v) is 5.01. The lowest BCUT2D eigenvalue weighted by atomic mass is 10.0. The van der Waals surface area contributed by atoms with Gasteiger partial charge in [-0.05, 0) is 38.0 Å². The second-order valence-corrected chi connectivity index (χ2v) is 7.86. The molecule has 0 aliphatic carbocycles. The summed E-state index contributed by atoms with van der Waals surface area (Å²) in [6.45, 7) is 6.66. The molecule has 25 heavy (non-hydrogen) atoms. The molecule has 0 radical (unpaired) electrons. The Bertz CT molecular complexity index is 743. The first-order valence-corrected chi connectivity index (χ1v) is 9.22. The molecule has 0 aliphatic heterocycles. The molecular weight excluding hydrogens is 348 g/mol. The van der Waals surface area contributed by atoms with E-state index < -0.39 is 27.9 Å². The molecule has 1 aromatic rings. The number of carboxylic acid groups (broad SMARTS) is 1. The highest BCUT2D eigenvalue weighted by molar-refractivity contribution is 7.89. The molecule has 1 amide bonds. The third kappa shape index (κ3) is 5.43. The zero-order chi connectivity index (χ0) is 19.4. The minimum Gasteiger partial charge on any atom is -0.495 e. The van der Waals surface area contributed by atoms with Gasteiger partial charge in [0.15, 0.2) is 0 Å². The summed E-state index contributed by atoms with van der Waals surface area (Å²) in [7, 11) is -2.57. The number of methoxy groups -OCH3 is 1. The molecule has 140 valence electrons. The SMILES string of the molecule is COc1ccc(C(=O)N[C@H](C(=O)O)C(C)C)cc1S(=O)(=O)NC(C)C. The van der Waals surface area contributed by atoms with E-state index in [0.29, 0.717) is 0 Å². The molecule has 3 N–H and O–H groups in total. The van der Waals surface area contributed by atoms with Gasteiger partial charge in [0.2, 0.25) is 10.0 Å². The summed E-state index contributed by atoms with van der Waals surface area (Å²) in [4.78, 5) is 23.4. The minimum atomic E-state index is -3.89. The summed E-state index contributed by atoms with van der Waals surface area (Å²) in [6.07, 6.45) is 0. The van der Waals surface area contributed by atoms with Gasteiger partial charge in [0.05, 0.1) is 7.11 Å². The third-order valence-electron chi connectivity index (χ3n) is 3.33. The van der Waals surface area contributed by atoms with Crippen molar-refractivity contribution in [2.24, 2.45) is 5.92 Å². The van der Waals surface area contributed by atoms with Crippen molar-refractivity contribution in [2.75, 3.05) is 7.11 Å². The number of carbonyl (C=O) groups excluding carboxylic acids is 1. The van der Waals surface area contributed by atoms with E-state index in [2.05, 4.69) is 10.0 Å². The van der Waals surface area contributed by atoms with E-state index in [1.807, 2.05) is 0 Å². The fraction of sp³-hybridized carbons (Fsp3) is 0.500. The van der Waals surface area contributed by atoms with Crippen LogP contribution in [0.25, 0.3) is 0 Å². The number of hydrogen-bond donors (Lipinski definition) is 3. The molecule has 0 fully saturated rings. The van der Waals surface area contributed by atoms with Crippen molar-refractivity contribution in [2.45, 2.75) is 44.7 Å². The minimum absolute atomic E-state index is 0.0248. The molecule has 0 unspecified atom stereocenters. The van der Waals surface area contributed by atoms with Crippen molar-refractivity contribution in [3.8, 4) is 5.75 Å². The number of rotatable bonds is 8. The summed E-state index contributed by atoms with van der Waals surface area (Å²) in [6, 6.07) is 2.47. The van der Waals surface area contributed by atoms with Crippen LogP contribution in [0.4, 0.5) is 0 Å². The summed E-state index contributed by atoms with van der Waals surface area (Å²) >= 11 is 0. The molecule has 1 aromatic carbocycles. The van der Waals surface area contributed by atoms with Crippen molar-refractivity contribution < 1.29 is 27.9 Å². The molecule has 9 heteroatoms. The summed E-state index contributed by atoms with van der Waals surface area (Å²) in [5, 5.41) is 11.6. The van der Waals surface area contributed by atoms with Crippen LogP contribution >= 0.6 is 0 Å². The molecule has 0 heterocycles. The lowest BCUT2D eigenvalue weighted by Gasteiger charge is -2.18. The summed E-state index contributed by atoms with van der Waals surface area (Å²) < 4.78 is 32.3. The second kappa shape index (κ2) is 8.30. The number of carboxylic acids is 1. The summed E-state index contributed by atoms with van der Waals surface area (Å²) in [5.74, 6) is -2.08. The predicted molar refractivity (Wildman–Crippen MR) is 92.2 cm³/mol.